The second kappa shape index (κ2) is 7.71. The fourth-order valence-corrected chi connectivity index (χ4v) is 3.09. The quantitative estimate of drug-likeness (QED) is 0.812. The third-order valence-electron chi connectivity index (χ3n) is 5.12. The Labute approximate surface area is 145 Å². The van der Waals surface area contributed by atoms with Gasteiger partial charge in [-0.25, -0.2) is 4.79 Å². The van der Waals surface area contributed by atoms with Gasteiger partial charge < -0.3 is 19.9 Å². The van der Waals surface area contributed by atoms with Crippen LogP contribution in [-0.2, 0) is 0 Å². The van der Waals surface area contributed by atoms with Crippen molar-refractivity contribution < 1.29 is 9.53 Å². The summed E-state index contributed by atoms with van der Waals surface area (Å²) in [6, 6.07) is 7.33. The van der Waals surface area contributed by atoms with Gasteiger partial charge in [0.1, 0.15) is 12.4 Å². The Hall–Kier alpha value is -2.01. The summed E-state index contributed by atoms with van der Waals surface area (Å²) in [4.78, 5) is 16.7. The highest BCUT2D eigenvalue weighted by Crippen LogP contribution is 2.33. The van der Waals surface area contributed by atoms with Crippen LogP contribution in [-0.4, -0.2) is 55.2 Å². The third-order valence-corrected chi connectivity index (χ3v) is 5.12. The zero-order valence-electron chi connectivity index (χ0n) is 15.2. The number of hydrogen-bond donors (Lipinski definition) is 1. The molecule has 1 aliphatic heterocycles. The van der Waals surface area contributed by atoms with Gasteiger partial charge in [-0.2, -0.15) is 0 Å². The van der Waals surface area contributed by atoms with Crippen molar-refractivity contribution in [1.82, 2.24) is 9.80 Å². The number of likely N-dealkylation sites (tertiary alicyclic amines) is 1. The highest BCUT2D eigenvalue weighted by Gasteiger charge is 2.39. The number of carbonyl (C=O) groups is 1. The number of amides is 2. The molecule has 1 N–H and O–H groups in total. The molecule has 2 rings (SSSR count). The van der Waals surface area contributed by atoms with E-state index < -0.39 is 0 Å². The average molecular weight is 331 g/mol. The summed E-state index contributed by atoms with van der Waals surface area (Å²) in [5.74, 6) is 1.12. The van der Waals surface area contributed by atoms with Gasteiger partial charge in [0, 0.05) is 19.1 Å². The van der Waals surface area contributed by atoms with E-state index in [0.717, 1.165) is 19.5 Å². The van der Waals surface area contributed by atoms with Gasteiger partial charge in [-0.3, -0.25) is 0 Å². The summed E-state index contributed by atoms with van der Waals surface area (Å²) in [6.07, 6.45) is 2.80. The van der Waals surface area contributed by atoms with Crippen molar-refractivity contribution >= 4 is 11.7 Å². The minimum atomic E-state index is -0.116. The van der Waals surface area contributed by atoms with Crippen LogP contribution < -0.4 is 10.1 Å². The number of anilines is 1. The lowest BCUT2D eigenvalue weighted by molar-refractivity contribution is 0.148. The largest absolute Gasteiger partial charge is 0.487 e. The molecule has 1 aliphatic rings. The van der Waals surface area contributed by atoms with Crippen molar-refractivity contribution in [2.75, 3.05) is 39.1 Å². The van der Waals surface area contributed by atoms with Crippen LogP contribution >= 0.6 is 0 Å². The van der Waals surface area contributed by atoms with Gasteiger partial charge in [0.2, 0.25) is 0 Å². The van der Waals surface area contributed by atoms with Gasteiger partial charge in [-0.1, -0.05) is 24.8 Å². The molecular weight excluding hydrogens is 302 g/mol. The lowest BCUT2D eigenvalue weighted by Crippen LogP contribution is -2.45. The Kier molecular flexibility index (Phi) is 5.89. The van der Waals surface area contributed by atoms with E-state index in [-0.39, 0.29) is 11.6 Å². The molecule has 0 unspecified atom stereocenters. The monoisotopic (exact) mass is 331 g/mol. The van der Waals surface area contributed by atoms with E-state index in [2.05, 4.69) is 37.7 Å². The molecule has 0 aromatic heterocycles. The smallest absolute Gasteiger partial charge is 0.321 e. The normalized spacial score (nSPS) is 19.8. The van der Waals surface area contributed by atoms with E-state index in [4.69, 9.17) is 4.74 Å². The summed E-state index contributed by atoms with van der Waals surface area (Å²) < 4.78 is 5.59. The van der Waals surface area contributed by atoms with Crippen LogP contribution in [0.1, 0.15) is 20.3 Å². The summed E-state index contributed by atoms with van der Waals surface area (Å²) in [7, 11) is 3.99. The third kappa shape index (κ3) is 4.09. The maximum atomic E-state index is 12.5. The van der Waals surface area contributed by atoms with Crippen LogP contribution in [0.15, 0.2) is 36.9 Å². The Morgan fingerprint density at radius 2 is 2.21 bits per heavy atom. The molecule has 5 nitrogen and oxygen atoms in total. The van der Waals surface area contributed by atoms with Gasteiger partial charge in [0.05, 0.1) is 5.69 Å². The average Bonchev–Trinajstić information content (AvgIpc) is 2.80. The molecule has 5 heteroatoms. The molecule has 0 saturated carbocycles. The molecular formula is C19H29N3O2. The van der Waals surface area contributed by atoms with Crippen LogP contribution in [0.3, 0.4) is 0 Å². The topological polar surface area (TPSA) is 44.8 Å². The molecule has 1 aromatic rings. The number of benzene rings is 1. The number of hydrogen-bond acceptors (Lipinski definition) is 3. The van der Waals surface area contributed by atoms with Crippen molar-refractivity contribution in [3.8, 4) is 5.75 Å². The SMILES string of the molecule is C=CCOc1ccccc1NC(=O)N(C)C[C@H]1CCN(C)C1(C)C. The first kappa shape index (κ1) is 18.3. The van der Waals surface area contributed by atoms with Crippen LogP contribution in [0.2, 0.25) is 0 Å². The van der Waals surface area contributed by atoms with Crippen molar-refractivity contribution in [2.24, 2.45) is 5.92 Å². The standard InChI is InChI=1S/C19H29N3O2/c1-6-13-24-17-10-8-7-9-16(17)20-18(23)21(4)14-15-11-12-22(5)19(15,2)3/h6-10,15H,1,11-14H2,2-5H3,(H,20,23)/t15-/m1/s1. The van der Waals surface area contributed by atoms with E-state index in [9.17, 15) is 4.79 Å². The molecule has 1 atom stereocenters. The second-order valence-corrected chi connectivity index (χ2v) is 6.97. The second-order valence-electron chi connectivity index (χ2n) is 6.97. The molecule has 1 heterocycles. The number of rotatable bonds is 6. The fraction of sp³-hybridized carbons (Fsp3) is 0.526. The number of para-hydroxylation sites is 2. The van der Waals surface area contributed by atoms with Gasteiger partial charge in [0.15, 0.2) is 0 Å². The Bertz CT molecular complexity index is 586. The summed E-state index contributed by atoms with van der Waals surface area (Å²) in [5, 5.41) is 2.95. The molecule has 0 bridgehead atoms. The molecule has 2 amide bonds. The zero-order valence-corrected chi connectivity index (χ0v) is 15.2. The minimum Gasteiger partial charge on any atom is -0.487 e. The first-order chi connectivity index (χ1) is 11.4. The predicted octanol–water partition coefficient (Wildman–Crippen LogP) is 3.45. The Balaban J connectivity index is 1.98. The number of nitrogens with one attached hydrogen (secondary N) is 1. The first-order valence-corrected chi connectivity index (χ1v) is 8.42. The first-order valence-electron chi connectivity index (χ1n) is 8.42. The van der Waals surface area contributed by atoms with Gasteiger partial charge >= 0.3 is 6.03 Å². The number of ether oxygens (including phenoxy) is 1. The molecule has 1 saturated heterocycles. The van der Waals surface area contributed by atoms with Gasteiger partial charge in [0.25, 0.3) is 0 Å². The van der Waals surface area contributed by atoms with Crippen LogP contribution in [0.5, 0.6) is 5.75 Å². The maximum absolute atomic E-state index is 12.5. The van der Waals surface area contributed by atoms with Gasteiger partial charge in [-0.15, -0.1) is 0 Å². The van der Waals surface area contributed by atoms with Crippen molar-refractivity contribution in [2.45, 2.75) is 25.8 Å². The van der Waals surface area contributed by atoms with Gasteiger partial charge in [-0.05, 0) is 51.9 Å². The van der Waals surface area contributed by atoms with E-state index in [0.29, 0.717) is 24.0 Å². The van der Waals surface area contributed by atoms with E-state index in [1.54, 1.807) is 11.0 Å². The van der Waals surface area contributed by atoms with Crippen molar-refractivity contribution in [3.63, 3.8) is 0 Å². The lowest BCUT2D eigenvalue weighted by Gasteiger charge is -2.35. The molecule has 0 spiro atoms. The Morgan fingerprint density at radius 1 is 1.50 bits per heavy atom. The van der Waals surface area contributed by atoms with Crippen molar-refractivity contribution in [3.05, 3.63) is 36.9 Å². The van der Waals surface area contributed by atoms with Crippen LogP contribution in [0, 0.1) is 5.92 Å². The van der Waals surface area contributed by atoms with Crippen LogP contribution in [0.4, 0.5) is 10.5 Å². The van der Waals surface area contributed by atoms with E-state index >= 15 is 0 Å². The number of urea groups is 1. The summed E-state index contributed by atoms with van der Waals surface area (Å²) >= 11 is 0. The number of nitrogens with zero attached hydrogens (tertiary/aromatic N) is 2. The predicted molar refractivity (Wildman–Crippen MR) is 98.6 cm³/mol. The highest BCUT2D eigenvalue weighted by atomic mass is 16.5. The zero-order chi connectivity index (χ0) is 17.7. The van der Waals surface area contributed by atoms with Crippen molar-refractivity contribution in [1.29, 1.82) is 0 Å². The molecule has 24 heavy (non-hydrogen) atoms. The minimum absolute atomic E-state index is 0.111. The molecule has 0 radical (unpaired) electrons. The molecule has 1 fully saturated rings. The van der Waals surface area contributed by atoms with E-state index in [1.807, 2.05) is 31.3 Å². The molecule has 0 aliphatic carbocycles. The fourth-order valence-electron chi connectivity index (χ4n) is 3.09. The lowest BCUT2D eigenvalue weighted by atomic mass is 9.88. The Morgan fingerprint density at radius 3 is 2.83 bits per heavy atom. The highest BCUT2D eigenvalue weighted by molar-refractivity contribution is 5.90. The molecule has 1 aromatic carbocycles. The van der Waals surface area contributed by atoms with E-state index in [1.165, 1.54) is 0 Å². The van der Waals surface area contributed by atoms with Crippen LogP contribution in [0.25, 0.3) is 0 Å². The maximum Gasteiger partial charge on any atom is 0.321 e. The summed E-state index contributed by atoms with van der Waals surface area (Å²) in [5.41, 5.74) is 0.790. The molecule has 132 valence electrons. The number of carbonyl (C=O) groups excluding carboxylic acids is 1. The summed E-state index contributed by atoms with van der Waals surface area (Å²) in [6.45, 7) is 10.4.